The molecule has 15 nitrogen and oxygen atoms in total. The Hall–Kier alpha value is -5.27. The Bertz CT molecular complexity index is 2470. The van der Waals surface area contributed by atoms with E-state index in [1.54, 1.807) is 4.90 Å². The van der Waals surface area contributed by atoms with Crippen molar-refractivity contribution in [2.75, 3.05) is 47.2 Å². The molecular formula is C48H57Cl2N7O8. The van der Waals surface area contributed by atoms with Crippen molar-refractivity contribution in [2.24, 2.45) is 23.7 Å². The summed E-state index contributed by atoms with van der Waals surface area (Å²) in [7, 11) is 2.59. The molecular weight excluding hydrogens is 873 g/mol. The van der Waals surface area contributed by atoms with Gasteiger partial charge in [0.05, 0.1) is 37.0 Å². The zero-order valence-electron chi connectivity index (χ0n) is 37.4. The summed E-state index contributed by atoms with van der Waals surface area (Å²) in [4.78, 5) is 68.6. The number of hydrogen-bond acceptors (Lipinski definition) is 9. The monoisotopic (exact) mass is 929 g/mol. The van der Waals surface area contributed by atoms with Crippen LogP contribution in [-0.4, -0.2) is 114 Å². The molecule has 0 spiro atoms. The number of fused-ring (bicyclic) bond motifs is 1. The van der Waals surface area contributed by atoms with Gasteiger partial charge in [-0.1, -0.05) is 61.2 Å². The van der Waals surface area contributed by atoms with Crippen molar-refractivity contribution >= 4 is 58.0 Å². The van der Waals surface area contributed by atoms with Crippen molar-refractivity contribution in [3.8, 4) is 23.1 Å². The van der Waals surface area contributed by atoms with Crippen molar-refractivity contribution in [1.82, 2.24) is 35.4 Å². The fraction of sp³-hybridized carbons (Fsp3) is 0.521. The highest BCUT2D eigenvalue weighted by Gasteiger charge is 2.46. The molecule has 0 aliphatic carbocycles. The first-order valence-electron chi connectivity index (χ1n) is 22.5. The van der Waals surface area contributed by atoms with Crippen LogP contribution in [0.5, 0.6) is 0 Å². The van der Waals surface area contributed by atoms with Crippen LogP contribution in [0.3, 0.4) is 0 Å². The lowest BCUT2D eigenvalue weighted by atomic mass is 9.90. The number of imidazole rings is 1. The summed E-state index contributed by atoms with van der Waals surface area (Å²) in [5.41, 5.74) is 3.69. The van der Waals surface area contributed by atoms with Gasteiger partial charge in [-0.3, -0.25) is 9.59 Å². The van der Waals surface area contributed by atoms with Gasteiger partial charge >= 0.3 is 12.2 Å². The van der Waals surface area contributed by atoms with Crippen molar-refractivity contribution < 1.29 is 38.1 Å². The van der Waals surface area contributed by atoms with Crippen molar-refractivity contribution in [3.05, 3.63) is 75.4 Å². The highest BCUT2D eigenvalue weighted by atomic mass is 35.5. The average Bonchev–Trinajstić information content (AvgIpc) is 4.09. The van der Waals surface area contributed by atoms with Gasteiger partial charge in [0.15, 0.2) is 5.15 Å². The van der Waals surface area contributed by atoms with E-state index in [9.17, 15) is 19.2 Å². The third-order valence-electron chi connectivity index (χ3n) is 13.8. The molecule has 4 aromatic rings. The summed E-state index contributed by atoms with van der Waals surface area (Å²) in [6, 6.07) is 11.8. The molecule has 4 N–H and O–H groups in total. The Kier molecular flexibility index (Phi) is 14.3. The van der Waals surface area contributed by atoms with Crippen LogP contribution in [0.15, 0.2) is 42.5 Å². The van der Waals surface area contributed by atoms with Crippen molar-refractivity contribution in [1.29, 1.82) is 0 Å². The number of ether oxygens (including phenoxy) is 4. The fourth-order valence-electron chi connectivity index (χ4n) is 10.0. The second kappa shape index (κ2) is 20.1. The quantitative estimate of drug-likeness (QED) is 0.122. The lowest BCUT2D eigenvalue weighted by molar-refractivity contribution is -0.139. The normalized spacial score (nSPS) is 23.7. The first kappa shape index (κ1) is 46.3. The lowest BCUT2D eigenvalue weighted by Crippen LogP contribution is -2.54. The minimum atomic E-state index is -0.752. The SMILES string of the molecule is COC(=O)N[C@H](C(=O)N1C[C@H](C)C[C@H]1c1nc(Cl)c(C#Cc2ccc3cc(-c4[nH]c([C@@H]5C[C@@H](C)[C@@H](C)N5C(=O)[C@@H](NC(=O)OC)C5CCOCC5)cc4Cl)ccc3c2)[nH]1)C1CCOCC1. The molecule has 0 radical (unpaired) electrons. The smallest absolute Gasteiger partial charge is 0.407 e. The van der Waals surface area contributed by atoms with E-state index in [2.05, 4.69) is 64.3 Å². The molecule has 0 bridgehead atoms. The summed E-state index contributed by atoms with van der Waals surface area (Å²) < 4.78 is 20.9. The van der Waals surface area contributed by atoms with E-state index in [1.807, 2.05) is 41.3 Å². The summed E-state index contributed by atoms with van der Waals surface area (Å²) in [6.45, 7) is 8.92. The Morgan fingerprint density at radius 1 is 0.785 bits per heavy atom. The Labute approximate surface area is 388 Å². The van der Waals surface area contributed by atoms with Crippen LogP contribution in [0.2, 0.25) is 10.2 Å². The number of aromatic nitrogens is 3. The van der Waals surface area contributed by atoms with Crippen LogP contribution in [0.1, 0.15) is 94.2 Å². The van der Waals surface area contributed by atoms with Gasteiger partial charge in [-0.2, -0.15) is 0 Å². The number of hydrogen-bond donors (Lipinski definition) is 4. The van der Waals surface area contributed by atoms with Crippen molar-refractivity contribution in [2.45, 2.75) is 89.5 Å². The molecule has 8 rings (SSSR count). The van der Waals surface area contributed by atoms with Crippen LogP contribution in [0.4, 0.5) is 9.59 Å². The van der Waals surface area contributed by atoms with Crippen LogP contribution in [-0.2, 0) is 28.5 Å². The van der Waals surface area contributed by atoms with Gasteiger partial charge < -0.3 is 49.3 Å². The van der Waals surface area contributed by atoms with Crippen LogP contribution in [0, 0.1) is 35.5 Å². The highest BCUT2D eigenvalue weighted by Crippen LogP contribution is 2.43. The van der Waals surface area contributed by atoms with E-state index in [-0.39, 0.29) is 58.8 Å². The molecule has 4 aliphatic rings. The second-order valence-electron chi connectivity index (χ2n) is 18.0. The second-order valence-corrected chi connectivity index (χ2v) is 18.7. The molecule has 0 unspecified atom stereocenters. The van der Waals surface area contributed by atoms with Gasteiger partial charge in [0.1, 0.15) is 23.6 Å². The molecule has 4 fully saturated rings. The minimum absolute atomic E-state index is 0.0696. The van der Waals surface area contributed by atoms with E-state index < -0.39 is 24.3 Å². The number of likely N-dealkylation sites (tertiary alicyclic amines) is 2. The topological polar surface area (TPSA) is 180 Å². The predicted molar refractivity (Wildman–Crippen MR) is 245 cm³/mol. The highest BCUT2D eigenvalue weighted by molar-refractivity contribution is 6.33. The number of aromatic amines is 2. The number of rotatable bonds is 9. The number of nitrogens with one attached hydrogen (secondary N) is 4. The standard InChI is InChI=1S/C48H57Cl2N7O8/c1-26-20-39(56(25-26)45(58)41(53-47(60)62-4)30-12-16-64-17-13-30)44-52-36(43(50)55-44)11-7-29-6-8-33-23-34(10-9-32(33)22-29)40-35(49)24-37(51-40)38-21-27(2)28(3)57(38)46(59)42(54-48(61)63-5)31-14-18-65-19-15-31/h6,8-10,22-24,26-28,30-31,38-39,41-42,51H,12-21,25H2,1-5H3,(H,52,55)(H,53,60)(H,54,61)/t26-,27-,28-,38+,39+,41+,42+/m1/s1. The Balaban J connectivity index is 0.989. The lowest BCUT2D eigenvalue weighted by Gasteiger charge is -2.36. The number of amides is 4. The number of carbonyl (C=O) groups excluding carboxylic acids is 4. The molecule has 4 saturated heterocycles. The van der Waals surface area contributed by atoms with Crippen LogP contribution < -0.4 is 10.6 Å². The Morgan fingerprint density at radius 3 is 2.05 bits per heavy atom. The number of alkyl carbamates (subject to hydrolysis) is 2. The number of halogens is 2. The predicted octanol–water partition coefficient (Wildman–Crippen LogP) is 7.77. The van der Waals surface area contributed by atoms with Gasteiger partial charge in [-0.15, -0.1) is 0 Å². The van der Waals surface area contributed by atoms with Crippen LogP contribution >= 0.6 is 23.2 Å². The number of benzene rings is 2. The first-order chi connectivity index (χ1) is 31.3. The van der Waals surface area contributed by atoms with E-state index in [0.717, 1.165) is 39.7 Å². The van der Waals surface area contributed by atoms with Crippen LogP contribution in [0.25, 0.3) is 22.0 Å². The molecule has 7 atom stereocenters. The third kappa shape index (κ3) is 9.96. The van der Waals surface area contributed by atoms with Gasteiger partial charge in [0.2, 0.25) is 11.8 Å². The molecule has 4 aliphatic heterocycles. The number of H-pyrrole nitrogens is 2. The molecule has 0 saturated carbocycles. The zero-order valence-corrected chi connectivity index (χ0v) is 38.9. The van der Waals surface area contributed by atoms with Gasteiger partial charge in [0.25, 0.3) is 0 Å². The van der Waals surface area contributed by atoms with Crippen molar-refractivity contribution in [3.63, 3.8) is 0 Å². The summed E-state index contributed by atoms with van der Waals surface area (Å²) in [5.74, 6) is 6.87. The summed E-state index contributed by atoms with van der Waals surface area (Å²) in [5, 5.41) is 8.36. The van der Waals surface area contributed by atoms with E-state index in [0.29, 0.717) is 81.6 Å². The van der Waals surface area contributed by atoms with Gasteiger partial charge in [0, 0.05) is 55.8 Å². The molecule has 17 heteroatoms. The largest absolute Gasteiger partial charge is 0.453 e. The summed E-state index contributed by atoms with van der Waals surface area (Å²) in [6.07, 6.45) is 2.77. The molecule has 4 amide bonds. The maximum absolute atomic E-state index is 14.4. The fourth-order valence-corrected chi connectivity index (χ4v) is 10.5. The minimum Gasteiger partial charge on any atom is -0.453 e. The molecule has 65 heavy (non-hydrogen) atoms. The summed E-state index contributed by atoms with van der Waals surface area (Å²) >= 11 is 13.6. The van der Waals surface area contributed by atoms with E-state index in [4.69, 9.17) is 42.1 Å². The molecule has 346 valence electrons. The van der Waals surface area contributed by atoms with Gasteiger partial charge in [-0.05, 0) is 110 Å². The molecule has 6 heterocycles. The molecule has 2 aromatic carbocycles. The first-order valence-corrected chi connectivity index (χ1v) is 23.3. The Morgan fingerprint density at radius 2 is 1.40 bits per heavy atom. The number of methoxy groups -OCH3 is 2. The van der Waals surface area contributed by atoms with E-state index in [1.165, 1.54) is 14.2 Å². The average molecular weight is 931 g/mol. The van der Waals surface area contributed by atoms with E-state index >= 15 is 0 Å². The molecule has 2 aromatic heterocycles. The third-order valence-corrected chi connectivity index (χ3v) is 14.3. The maximum atomic E-state index is 14.4. The number of carbonyl (C=O) groups is 4. The maximum Gasteiger partial charge on any atom is 0.407 e. The van der Waals surface area contributed by atoms with Gasteiger partial charge in [-0.25, -0.2) is 14.6 Å². The zero-order chi connectivity index (χ0) is 45.9. The number of nitrogens with zero attached hydrogens (tertiary/aromatic N) is 3.